The van der Waals surface area contributed by atoms with Gasteiger partial charge < -0.3 is 0 Å². The van der Waals surface area contributed by atoms with Crippen LogP contribution in [0.1, 0.15) is 50.1 Å². The lowest BCUT2D eigenvalue weighted by Crippen LogP contribution is -2.06. The number of rotatable bonds is 6. The lowest BCUT2D eigenvalue weighted by molar-refractivity contribution is -0.137. The first kappa shape index (κ1) is 17.7. The average molecular weight is 339 g/mol. The summed E-state index contributed by atoms with van der Waals surface area (Å²) in [6, 6.07) is 5.67. The molecular weight excluding hydrogens is 319 g/mol. The molecule has 0 fully saturated rings. The van der Waals surface area contributed by atoms with Crippen LogP contribution in [0.4, 0.5) is 13.2 Å². The van der Waals surface area contributed by atoms with Crippen molar-refractivity contribution in [2.75, 3.05) is 0 Å². The normalized spacial score (nSPS) is 12.7. The Kier molecular flexibility index (Phi) is 5.99. The first-order chi connectivity index (χ1) is 11.0. The van der Waals surface area contributed by atoms with E-state index in [1.54, 1.807) is 12.3 Å². The number of unbranched alkanes of at least 4 members (excludes halogenated alkanes) is 1. The zero-order valence-corrected chi connectivity index (χ0v) is 14.1. The van der Waals surface area contributed by atoms with Gasteiger partial charge >= 0.3 is 6.18 Å². The second kappa shape index (κ2) is 7.77. The molecule has 0 atom stereocenters. The Labute approximate surface area is 138 Å². The highest BCUT2D eigenvalue weighted by atomic mass is 32.1. The maximum atomic E-state index is 13.2. The number of hydrogen-bond acceptors (Lipinski definition) is 2. The Morgan fingerprint density at radius 1 is 1.17 bits per heavy atom. The van der Waals surface area contributed by atoms with Crippen LogP contribution in [0.2, 0.25) is 0 Å². The van der Waals surface area contributed by atoms with Crippen LogP contribution >= 0.6 is 11.3 Å². The molecular formula is C18H20F3NS. The van der Waals surface area contributed by atoms with Gasteiger partial charge in [0.05, 0.1) is 10.4 Å². The molecule has 0 spiro atoms. The van der Waals surface area contributed by atoms with Gasteiger partial charge in [0.1, 0.15) is 5.01 Å². The third kappa shape index (κ3) is 4.44. The number of benzene rings is 1. The van der Waals surface area contributed by atoms with Crippen molar-refractivity contribution in [3.63, 3.8) is 0 Å². The Hall–Kier alpha value is -1.62. The molecule has 2 rings (SSSR count). The van der Waals surface area contributed by atoms with Crippen LogP contribution in [0.5, 0.6) is 0 Å². The van der Waals surface area contributed by atoms with E-state index in [1.165, 1.54) is 23.5 Å². The lowest BCUT2D eigenvalue weighted by Gasteiger charge is -2.10. The molecule has 1 nitrogen and oxygen atoms in total. The molecule has 0 N–H and O–H groups in total. The van der Waals surface area contributed by atoms with Crippen molar-refractivity contribution in [1.82, 2.24) is 4.98 Å². The number of allylic oxidation sites excluding steroid dienone is 2. The summed E-state index contributed by atoms with van der Waals surface area (Å²) in [5.74, 6) is 0. The van der Waals surface area contributed by atoms with E-state index in [9.17, 15) is 13.2 Å². The molecule has 0 bridgehead atoms. The third-order valence-corrected chi connectivity index (χ3v) is 4.58. The molecule has 1 aromatic carbocycles. The molecule has 0 unspecified atom stereocenters. The first-order valence-corrected chi connectivity index (χ1v) is 8.60. The lowest BCUT2D eigenvalue weighted by atomic mass is 10.1. The number of halogens is 3. The van der Waals surface area contributed by atoms with E-state index in [0.29, 0.717) is 4.88 Å². The van der Waals surface area contributed by atoms with Crippen LogP contribution in [-0.2, 0) is 6.18 Å². The van der Waals surface area contributed by atoms with Gasteiger partial charge in [-0.1, -0.05) is 51.0 Å². The maximum absolute atomic E-state index is 13.2. The Morgan fingerprint density at radius 3 is 2.57 bits per heavy atom. The monoisotopic (exact) mass is 339 g/mol. The summed E-state index contributed by atoms with van der Waals surface area (Å²) in [6.07, 6.45) is 3.25. The van der Waals surface area contributed by atoms with Crippen molar-refractivity contribution in [2.24, 2.45) is 0 Å². The molecule has 0 amide bonds. The Morgan fingerprint density at radius 2 is 1.91 bits per heavy atom. The zero-order chi connectivity index (χ0) is 16.9. The minimum atomic E-state index is -4.36. The van der Waals surface area contributed by atoms with E-state index in [0.717, 1.165) is 42.3 Å². The molecule has 0 aliphatic heterocycles. The molecule has 1 heterocycles. The molecule has 0 aliphatic rings. The first-order valence-electron chi connectivity index (χ1n) is 7.79. The number of nitrogens with zero attached hydrogens (tertiary/aromatic N) is 1. The molecule has 0 radical (unpaired) electrons. The average Bonchev–Trinajstić information content (AvgIpc) is 3.00. The summed E-state index contributed by atoms with van der Waals surface area (Å²) in [4.78, 5) is 4.93. The zero-order valence-electron chi connectivity index (χ0n) is 13.3. The minimum absolute atomic E-state index is 0.204. The summed E-state index contributed by atoms with van der Waals surface area (Å²) in [7, 11) is 0. The highest BCUT2D eigenvalue weighted by Crippen LogP contribution is 2.40. The van der Waals surface area contributed by atoms with E-state index in [4.69, 9.17) is 0 Å². The summed E-state index contributed by atoms with van der Waals surface area (Å²) < 4.78 is 39.5. The predicted octanol–water partition coefficient (Wildman–Crippen LogP) is 6.81. The molecule has 5 heteroatoms. The molecule has 0 saturated heterocycles. The summed E-state index contributed by atoms with van der Waals surface area (Å²) in [5.41, 5.74) is 0.731. The Bertz CT molecular complexity index is 671. The van der Waals surface area contributed by atoms with Gasteiger partial charge in [0.2, 0.25) is 0 Å². The Balaban J connectivity index is 2.40. The van der Waals surface area contributed by atoms with Gasteiger partial charge in [-0.3, -0.25) is 0 Å². The fraction of sp³-hybridized carbons (Fsp3) is 0.389. The summed E-state index contributed by atoms with van der Waals surface area (Å²) >= 11 is 1.34. The van der Waals surface area contributed by atoms with Crippen LogP contribution in [0.15, 0.2) is 36.5 Å². The van der Waals surface area contributed by atoms with Crippen LogP contribution in [0.25, 0.3) is 16.0 Å². The fourth-order valence-electron chi connectivity index (χ4n) is 2.38. The topological polar surface area (TPSA) is 12.9 Å². The molecule has 2 aromatic rings. The van der Waals surface area contributed by atoms with Crippen LogP contribution in [0, 0.1) is 0 Å². The van der Waals surface area contributed by atoms with E-state index in [1.807, 2.05) is 0 Å². The van der Waals surface area contributed by atoms with Gasteiger partial charge in [-0.05, 0) is 24.5 Å². The van der Waals surface area contributed by atoms with E-state index >= 15 is 0 Å². The summed E-state index contributed by atoms with van der Waals surface area (Å²) in [5, 5.41) is 0.826. The standard InChI is InChI=1S/C18H20F3NS/c1-3-5-9-13(8-4-2)17-22-12-16(23-17)14-10-6-7-11-15(14)18(19,20)21/h6-7,9-12H,3-5,8H2,1-2H3/b13-9+. The van der Waals surface area contributed by atoms with E-state index in [-0.39, 0.29) is 5.56 Å². The largest absolute Gasteiger partial charge is 0.417 e. The molecule has 1 aromatic heterocycles. The molecule has 0 saturated carbocycles. The van der Waals surface area contributed by atoms with Crippen LogP contribution in [-0.4, -0.2) is 4.98 Å². The number of hydrogen-bond donors (Lipinski definition) is 0. The smallest absolute Gasteiger partial charge is 0.244 e. The number of alkyl halides is 3. The van der Waals surface area contributed by atoms with Crippen LogP contribution in [0.3, 0.4) is 0 Å². The third-order valence-electron chi connectivity index (χ3n) is 3.48. The fourth-order valence-corrected chi connectivity index (χ4v) is 3.40. The maximum Gasteiger partial charge on any atom is 0.417 e. The van der Waals surface area contributed by atoms with Crippen molar-refractivity contribution in [3.8, 4) is 10.4 Å². The number of aromatic nitrogens is 1. The van der Waals surface area contributed by atoms with Gasteiger partial charge in [0, 0.05) is 11.8 Å². The SMILES string of the molecule is CCC/C=C(\CCC)c1ncc(-c2ccccc2C(F)(F)F)s1. The highest BCUT2D eigenvalue weighted by molar-refractivity contribution is 7.16. The minimum Gasteiger partial charge on any atom is -0.244 e. The quantitative estimate of drug-likeness (QED) is 0.563. The number of thiazole rings is 1. The molecule has 23 heavy (non-hydrogen) atoms. The predicted molar refractivity (Wildman–Crippen MR) is 90.3 cm³/mol. The molecule has 0 aliphatic carbocycles. The van der Waals surface area contributed by atoms with Crippen molar-refractivity contribution in [2.45, 2.75) is 45.7 Å². The second-order valence-electron chi connectivity index (χ2n) is 5.34. The van der Waals surface area contributed by atoms with Gasteiger partial charge in [0.15, 0.2) is 0 Å². The second-order valence-corrected chi connectivity index (χ2v) is 6.37. The van der Waals surface area contributed by atoms with Gasteiger partial charge in [-0.2, -0.15) is 13.2 Å². The van der Waals surface area contributed by atoms with E-state index < -0.39 is 11.7 Å². The van der Waals surface area contributed by atoms with E-state index in [2.05, 4.69) is 24.9 Å². The highest BCUT2D eigenvalue weighted by Gasteiger charge is 2.33. The van der Waals surface area contributed by atoms with Gasteiger partial charge in [-0.25, -0.2) is 4.98 Å². The van der Waals surface area contributed by atoms with Crippen molar-refractivity contribution in [1.29, 1.82) is 0 Å². The molecule has 124 valence electrons. The van der Waals surface area contributed by atoms with Gasteiger partial charge in [0.25, 0.3) is 0 Å². The van der Waals surface area contributed by atoms with Gasteiger partial charge in [-0.15, -0.1) is 11.3 Å². The van der Waals surface area contributed by atoms with Crippen LogP contribution < -0.4 is 0 Å². The van der Waals surface area contributed by atoms with Crippen molar-refractivity contribution >= 4 is 16.9 Å². The van der Waals surface area contributed by atoms with Crippen molar-refractivity contribution in [3.05, 3.63) is 47.1 Å². The summed E-state index contributed by atoms with van der Waals surface area (Å²) in [6.45, 7) is 4.19. The van der Waals surface area contributed by atoms with Crippen molar-refractivity contribution < 1.29 is 13.2 Å².